The van der Waals surface area contributed by atoms with Gasteiger partial charge in [-0.05, 0) is 46.5 Å². The van der Waals surface area contributed by atoms with Crippen LogP contribution in [0.2, 0.25) is 0 Å². The van der Waals surface area contributed by atoms with Crippen molar-refractivity contribution in [2.45, 2.75) is 75.9 Å². The summed E-state index contributed by atoms with van der Waals surface area (Å²) in [5, 5.41) is 23.2. The molecule has 2 bridgehead atoms. The lowest BCUT2D eigenvalue weighted by atomic mass is 10.00. The monoisotopic (exact) mass is 897 g/mol. The van der Waals surface area contributed by atoms with Gasteiger partial charge in [-0.15, -0.1) is 0 Å². The Hall–Kier alpha value is -6.88. The van der Waals surface area contributed by atoms with Gasteiger partial charge in [0.15, 0.2) is 0 Å². The molecule has 6 rings (SSSR count). The van der Waals surface area contributed by atoms with Gasteiger partial charge in [-0.2, -0.15) is 0 Å². The number of fused-ring (bicyclic) bond motifs is 18. The highest BCUT2D eigenvalue weighted by Gasteiger charge is 2.41. The largest absolute Gasteiger partial charge is 0.480 e. The van der Waals surface area contributed by atoms with Crippen molar-refractivity contribution in [3.05, 3.63) is 136 Å². The Morgan fingerprint density at radius 2 is 0.967 bits per heavy atom. The molecule has 16 nitrogen and oxygen atoms in total. The SMILES string of the molecule is CC(=O)O[C@H]1C(=O)Nc2ccc(cc2)C[C@H](C(=O)O)NC(=O)[C@@H](Cc2ccccc2)NC(=O)[C@H](Cc2ccc(Br)cc2)NC(=O)[C@@H](Cc2ccccc2)NC(=O)[C@@H]1OC(C)=O. The van der Waals surface area contributed by atoms with Crippen LogP contribution in [0.15, 0.2) is 114 Å². The highest BCUT2D eigenvalue weighted by Crippen LogP contribution is 2.18. The molecule has 4 aromatic carbocycles. The van der Waals surface area contributed by atoms with E-state index in [2.05, 4.69) is 42.5 Å². The van der Waals surface area contributed by atoms with Gasteiger partial charge >= 0.3 is 17.9 Å². The minimum Gasteiger partial charge on any atom is -0.480 e. The summed E-state index contributed by atoms with van der Waals surface area (Å²) in [7, 11) is 0. The Kier molecular flexibility index (Phi) is 15.9. The Morgan fingerprint density at radius 3 is 1.41 bits per heavy atom. The standard InChI is InChI=1S/C44H44BrN5O11/c1-25(51)60-37-38(61-26(2)52)43(57)49-35(22-28-11-7-4-8-12-28)40(54)48-34(23-29-13-17-31(45)18-14-29)39(53)47-33(21-27-9-5-3-6-10-27)41(55)50-36(44(58)59)24-30-15-19-32(20-16-30)46-42(37)56/h3-20,33-38H,21-24H2,1-2H3,(H,46,56)(H,47,53)(H,48,54)(H,49,57)(H,50,55)(H,58,59)/t33-,34+,35-,36-,37-,38-/m1/s1. The van der Waals surface area contributed by atoms with Crippen LogP contribution in [0.4, 0.5) is 5.69 Å². The average molecular weight is 899 g/mol. The van der Waals surface area contributed by atoms with E-state index in [-0.39, 0.29) is 31.4 Å². The number of aliphatic carboxylic acids is 1. The van der Waals surface area contributed by atoms with E-state index in [1.807, 2.05) is 0 Å². The van der Waals surface area contributed by atoms with Gasteiger partial charge in [0, 0.05) is 49.7 Å². The molecule has 2 aliphatic heterocycles. The second-order valence-corrected chi connectivity index (χ2v) is 15.2. The lowest BCUT2D eigenvalue weighted by Gasteiger charge is -2.28. The first-order valence-electron chi connectivity index (χ1n) is 19.2. The van der Waals surface area contributed by atoms with Crippen molar-refractivity contribution in [1.82, 2.24) is 21.3 Å². The summed E-state index contributed by atoms with van der Waals surface area (Å²) in [5.41, 5.74) is 2.36. The number of carboxylic acids is 1. The lowest BCUT2D eigenvalue weighted by Crippen LogP contribution is -2.60. The smallest absolute Gasteiger partial charge is 0.326 e. The summed E-state index contributed by atoms with van der Waals surface area (Å²) >= 11 is 3.39. The minimum absolute atomic E-state index is 0.0498. The number of amides is 5. The zero-order chi connectivity index (χ0) is 44.1. The maximum absolute atomic E-state index is 14.4. The lowest BCUT2D eigenvalue weighted by molar-refractivity contribution is -0.173. The van der Waals surface area contributed by atoms with Crippen molar-refractivity contribution in [2.75, 3.05) is 5.32 Å². The van der Waals surface area contributed by atoms with Crippen LogP contribution in [0, 0.1) is 0 Å². The van der Waals surface area contributed by atoms with Gasteiger partial charge in [0.2, 0.25) is 29.9 Å². The van der Waals surface area contributed by atoms with Crippen molar-refractivity contribution in [2.24, 2.45) is 0 Å². The van der Waals surface area contributed by atoms with Crippen LogP contribution < -0.4 is 26.6 Å². The number of esters is 2. The molecule has 17 heteroatoms. The number of hydrogen-bond donors (Lipinski definition) is 6. The highest BCUT2D eigenvalue weighted by atomic mass is 79.9. The van der Waals surface area contributed by atoms with Crippen molar-refractivity contribution >= 4 is 69.1 Å². The number of benzene rings is 4. The van der Waals surface area contributed by atoms with Gasteiger partial charge in [0.25, 0.3) is 11.8 Å². The summed E-state index contributed by atoms with van der Waals surface area (Å²) in [4.78, 5) is 108. The van der Waals surface area contributed by atoms with Gasteiger partial charge in [-0.25, -0.2) is 4.79 Å². The van der Waals surface area contributed by atoms with E-state index in [0.717, 1.165) is 18.3 Å². The zero-order valence-corrected chi connectivity index (χ0v) is 34.7. The third-order valence-corrected chi connectivity index (χ3v) is 10.00. The molecule has 4 aromatic rings. The number of halogens is 1. The molecule has 0 aliphatic carbocycles. The molecule has 2 heterocycles. The van der Waals surface area contributed by atoms with E-state index in [9.17, 15) is 43.5 Å². The van der Waals surface area contributed by atoms with Gasteiger partial charge in [-0.3, -0.25) is 33.6 Å². The molecule has 6 N–H and O–H groups in total. The van der Waals surface area contributed by atoms with Crippen LogP contribution >= 0.6 is 15.9 Å². The van der Waals surface area contributed by atoms with E-state index in [4.69, 9.17) is 9.47 Å². The zero-order valence-electron chi connectivity index (χ0n) is 33.1. The summed E-state index contributed by atoms with van der Waals surface area (Å²) in [6.45, 7) is 1.96. The molecule has 2 aliphatic rings. The van der Waals surface area contributed by atoms with Crippen molar-refractivity contribution in [3.63, 3.8) is 0 Å². The average Bonchev–Trinajstić information content (AvgIpc) is 3.22. The quantitative estimate of drug-likeness (QED) is 0.106. The Balaban J connectivity index is 1.61. The maximum atomic E-state index is 14.4. The Labute approximate surface area is 359 Å². The number of carbonyl (C=O) groups is 8. The third kappa shape index (κ3) is 13.6. The van der Waals surface area contributed by atoms with Crippen LogP contribution in [0.1, 0.15) is 36.1 Å². The summed E-state index contributed by atoms with van der Waals surface area (Å²) in [6.07, 6.45) is -4.68. The van der Waals surface area contributed by atoms with Crippen LogP contribution in [0.25, 0.3) is 0 Å². The topological polar surface area (TPSA) is 235 Å². The Morgan fingerprint density at radius 1 is 0.557 bits per heavy atom. The predicted octanol–water partition coefficient (Wildman–Crippen LogP) is 2.56. The number of anilines is 1. The molecule has 0 fully saturated rings. The van der Waals surface area contributed by atoms with Crippen LogP contribution in [0.3, 0.4) is 0 Å². The first-order chi connectivity index (χ1) is 29.1. The number of carboxylic acid groups (broad SMARTS) is 1. The molecule has 0 radical (unpaired) electrons. The van der Waals surface area contributed by atoms with Crippen molar-refractivity contribution in [1.29, 1.82) is 0 Å². The molecule has 5 amide bonds. The molecule has 318 valence electrons. The predicted molar refractivity (Wildman–Crippen MR) is 223 cm³/mol. The first-order valence-corrected chi connectivity index (χ1v) is 19.9. The van der Waals surface area contributed by atoms with Crippen LogP contribution in [-0.4, -0.2) is 88.9 Å². The molecular formula is C44H44BrN5O11. The fourth-order valence-electron chi connectivity index (χ4n) is 6.49. The van der Waals surface area contributed by atoms with Crippen LogP contribution in [-0.2, 0) is 73.5 Å². The van der Waals surface area contributed by atoms with E-state index in [1.54, 1.807) is 84.9 Å². The molecule has 61 heavy (non-hydrogen) atoms. The van der Waals surface area contributed by atoms with Gasteiger partial charge in [0.05, 0.1) is 0 Å². The second-order valence-electron chi connectivity index (χ2n) is 14.2. The Bertz CT molecular complexity index is 2220. The molecule has 0 spiro atoms. The normalized spacial score (nSPS) is 21.6. The van der Waals surface area contributed by atoms with Gasteiger partial charge in [0.1, 0.15) is 24.2 Å². The second kappa shape index (κ2) is 21.4. The number of ether oxygens (including phenoxy) is 2. The highest BCUT2D eigenvalue weighted by molar-refractivity contribution is 9.10. The number of rotatable bonds is 9. The van der Waals surface area contributed by atoms with E-state index in [1.165, 1.54) is 24.3 Å². The van der Waals surface area contributed by atoms with Crippen LogP contribution in [0.5, 0.6) is 0 Å². The number of hydrogen-bond acceptors (Lipinski definition) is 10. The van der Waals surface area contributed by atoms with Crippen molar-refractivity contribution in [3.8, 4) is 0 Å². The summed E-state index contributed by atoms with van der Waals surface area (Å²) in [6, 6.07) is 24.3. The molecular weight excluding hydrogens is 854 g/mol. The van der Waals surface area contributed by atoms with E-state index >= 15 is 0 Å². The number of nitrogens with one attached hydrogen (secondary N) is 5. The van der Waals surface area contributed by atoms with Gasteiger partial charge < -0.3 is 41.2 Å². The fourth-order valence-corrected chi connectivity index (χ4v) is 6.76. The summed E-state index contributed by atoms with van der Waals surface area (Å²) < 4.78 is 11.3. The first kappa shape index (κ1) is 45.2. The molecule has 0 aromatic heterocycles. The fraction of sp³-hybridized carbons (Fsp3) is 0.273. The maximum Gasteiger partial charge on any atom is 0.326 e. The molecule has 0 saturated carbocycles. The minimum atomic E-state index is -2.10. The van der Waals surface area contributed by atoms with Gasteiger partial charge in [-0.1, -0.05) is 101 Å². The summed E-state index contributed by atoms with van der Waals surface area (Å²) in [5.74, 6) is -8.14. The molecule has 0 saturated heterocycles. The number of carbonyl (C=O) groups excluding carboxylic acids is 7. The van der Waals surface area contributed by atoms with E-state index < -0.39 is 83.8 Å². The third-order valence-electron chi connectivity index (χ3n) is 9.47. The van der Waals surface area contributed by atoms with E-state index in [0.29, 0.717) is 22.3 Å². The molecule has 0 unspecified atom stereocenters. The van der Waals surface area contributed by atoms with Crippen molar-refractivity contribution < 1.29 is 52.9 Å². The molecule has 6 atom stereocenters.